The van der Waals surface area contributed by atoms with Gasteiger partial charge in [0.1, 0.15) is 11.5 Å². The fourth-order valence-electron chi connectivity index (χ4n) is 4.54. The number of amides is 1. The van der Waals surface area contributed by atoms with Gasteiger partial charge in [-0.3, -0.25) is 14.7 Å². The average Bonchev–Trinajstić information content (AvgIpc) is 3.35. The molecular weight excluding hydrogens is 362 g/mol. The maximum absolute atomic E-state index is 12.2. The Labute approximate surface area is 164 Å². The predicted molar refractivity (Wildman–Crippen MR) is 107 cm³/mol. The Balaban J connectivity index is 1.27. The number of benzene rings is 1. The number of nitrogens with zero attached hydrogens (tertiary/aromatic N) is 3. The van der Waals surface area contributed by atoms with Crippen molar-refractivity contribution in [2.75, 3.05) is 44.6 Å². The second kappa shape index (κ2) is 6.67. The molecule has 1 amide bonds. The first-order valence-electron chi connectivity index (χ1n) is 10.0. The number of piperidine rings is 1. The summed E-state index contributed by atoms with van der Waals surface area (Å²) in [4.78, 5) is 21.7. The van der Waals surface area contributed by atoms with Gasteiger partial charge in [0.15, 0.2) is 0 Å². The average molecular weight is 388 g/mol. The number of aliphatic imine (C=N–C) groups is 1. The Morgan fingerprint density at radius 2 is 2.11 bits per heavy atom. The highest BCUT2D eigenvalue weighted by Crippen LogP contribution is 2.40. The molecule has 4 aliphatic rings. The monoisotopic (exact) mass is 387 g/mol. The number of rotatable bonds is 4. The molecular formula is C20H26ClN5O. The first-order chi connectivity index (χ1) is 13.1. The van der Waals surface area contributed by atoms with Gasteiger partial charge in [-0.1, -0.05) is 11.6 Å². The van der Waals surface area contributed by atoms with Gasteiger partial charge >= 0.3 is 0 Å². The van der Waals surface area contributed by atoms with Gasteiger partial charge in [-0.15, -0.1) is 0 Å². The van der Waals surface area contributed by atoms with E-state index < -0.39 is 0 Å². The van der Waals surface area contributed by atoms with Gasteiger partial charge in [0.2, 0.25) is 5.91 Å². The number of carbonyl (C=O) groups excluding carboxylic acids is 1. The van der Waals surface area contributed by atoms with Crippen LogP contribution >= 0.6 is 11.6 Å². The topological polar surface area (TPSA) is 60.0 Å². The molecule has 2 N–H and O–H groups in total. The second-order valence-electron chi connectivity index (χ2n) is 8.23. The van der Waals surface area contributed by atoms with Crippen LogP contribution in [0.1, 0.15) is 31.2 Å². The van der Waals surface area contributed by atoms with Crippen molar-refractivity contribution in [1.82, 2.24) is 15.1 Å². The molecule has 1 aliphatic carbocycles. The van der Waals surface area contributed by atoms with Crippen LogP contribution in [0.15, 0.2) is 23.2 Å². The van der Waals surface area contributed by atoms with E-state index in [0.717, 1.165) is 73.6 Å². The van der Waals surface area contributed by atoms with Crippen molar-refractivity contribution in [3.8, 4) is 0 Å². The molecule has 144 valence electrons. The third kappa shape index (κ3) is 3.29. The summed E-state index contributed by atoms with van der Waals surface area (Å²) < 4.78 is 0. The van der Waals surface area contributed by atoms with E-state index in [4.69, 9.17) is 16.6 Å². The molecule has 7 heteroatoms. The number of fused-ring (bicyclic) bond motifs is 4. The van der Waals surface area contributed by atoms with Gasteiger partial charge in [0.25, 0.3) is 0 Å². The van der Waals surface area contributed by atoms with Crippen molar-refractivity contribution >= 4 is 29.0 Å². The van der Waals surface area contributed by atoms with E-state index in [1.54, 1.807) is 0 Å². The van der Waals surface area contributed by atoms with Crippen molar-refractivity contribution in [3.05, 3.63) is 28.8 Å². The number of carbonyl (C=O) groups is 1. The summed E-state index contributed by atoms with van der Waals surface area (Å²) in [5.41, 5.74) is 2.10. The highest BCUT2D eigenvalue weighted by Gasteiger charge is 2.46. The summed E-state index contributed by atoms with van der Waals surface area (Å²) in [6, 6.07) is 6.00. The van der Waals surface area contributed by atoms with Gasteiger partial charge in [-0.05, 0) is 37.0 Å². The van der Waals surface area contributed by atoms with Crippen LogP contribution in [0.4, 0.5) is 5.69 Å². The molecule has 1 saturated carbocycles. The number of hydrogen-bond donors (Lipinski definition) is 2. The molecule has 1 spiro atoms. The smallest absolute Gasteiger partial charge is 0.234 e. The summed E-state index contributed by atoms with van der Waals surface area (Å²) in [5.74, 6) is 1.98. The quantitative estimate of drug-likeness (QED) is 0.831. The van der Waals surface area contributed by atoms with Crippen molar-refractivity contribution in [2.45, 2.75) is 31.3 Å². The largest absolute Gasteiger partial charge is 0.362 e. The SMILES string of the molecule is O=C(CN1CCC2(CC1)Nc1cc(Cl)ccc1C1=NCCN12)NCC1CC1. The summed E-state index contributed by atoms with van der Waals surface area (Å²) >= 11 is 6.24. The van der Waals surface area contributed by atoms with E-state index in [1.807, 2.05) is 12.1 Å². The van der Waals surface area contributed by atoms with Crippen LogP contribution in [0.25, 0.3) is 0 Å². The molecule has 6 nitrogen and oxygen atoms in total. The number of hydrogen-bond acceptors (Lipinski definition) is 5. The zero-order chi connectivity index (χ0) is 18.4. The molecule has 0 aromatic heterocycles. The van der Waals surface area contributed by atoms with Gasteiger partial charge in [0.05, 0.1) is 13.1 Å². The van der Waals surface area contributed by atoms with E-state index >= 15 is 0 Å². The number of amidine groups is 1. The normalized spacial score (nSPS) is 23.4. The van der Waals surface area contributed by atoms with Crippen LogP contribution in [-0.2, 0) is 4.79 Å². The summed E-state index contributed by atoms with van der Waals surface area (Å²) in [5, 5.41) is 7.60. The molecule has 5 rings (SSSR count). The molecule has 3 aliphatic heterocycles. The first kappa shape index (κ1) is 17.3. The van der Waals surface area contributed by atoms with Crippen LogP contribution in [0, 0.1) is 5.92 Å². The Morgan fingerprint density at radius 3 is 2.89 bits per heavy atom. The molecule has 0 atom stereocenters. The lowest BCUT2D eigenvalue weighted by Crippen LogP contribution is -2.63. The minimum Gasteiger partial charge on any atom is -0.362 e. The minimum atomic E-state index is -0.117. The van der Waals surface area contributed by atoms with Gasteiger partial charge in [-0.2, -0.15) is 0 Å². The Hall–Kier alpha value is -1.79. The fourth-order valence-corrected chi connectivity index (χ4v) is 4.71. The Kier molecular flexibility index (Phi) is 4.28. The lowest BCUT2D eigenvalue weighted by atomic mass is 9.90. The Morgan fingerprint density at radius 1 is 1.30 bits per heavy atom. The van der Waals surface area contributed by atoms with E-state index in [-0.39, 0.29) is 11.6 Å². The van der Waals surface area contributed by atoms with Crippen LogP contribution in [0.5, 0.6) is 0 Å². The lowest BCUT2D eigenvalue weighted by molar-refractivity contribution is -0.122. The van der Waals surface area contributed by atoms with Crippen LogP contribution in [-0.4, -0.2) is 66.5 Å². The lowest BCUT2D eigenvalue weighted by Gasteiger charge is -2.52. The molecule has 3 heterocycles. The van der Waals surface area contributed by atoms with Crippen molar-refractivity contribution in [2.24, 2.45) is 10.9 Å². The standard InChI is InChI=1S/C20H26ClN5O/c21-15-3-4-16-17(11-15)24-20(26-10-7-22-19(16)26)5-8-25(9-6-20)13-18(27)23-12-14-1-2-14/h3-4,11,14,24H,1-2,5-10,12-13H2,(H,23,27). The second-order valence-corrected chi connectivity index (χ2v) is 8.66. The maximum atomic E-state index is 12.2. The highest BCUT2D eigenvalue weighted by atomic mass is 35.5. The van der Waals surface area contributed by atoms with E-state index in [9.17, 15) is 4.79 Å². The van der Waals surface area contributed by atoms with Gasteiger partial charge in [-0.25, -0.2) is 0 Å². The summed E-state index contributed by atoms with van der Waals surface area (Å²) in [6.45, 7) is 4.96. The minimum absolute atomic E-state index is 0.117. The van der Waals surface area contributed by atoms with E-state index in [2.05, 4.69) is 26.5 Å². The fraction of sp³-hybridized carbons (Fsp3) is 0.600. The molecule has 2 fully saturated rings. The molecule has 0 bridgehead atoms. The van der Waals surface area contributed by atoms with Crippen LogP contribution in [0.2, 0.25) is 5.02 Å². The van der Waals surface area contributed by atoms with Crippen molar-refractivity contribution in [3.63, 3.8) is 0 Å². The van der Waals surface area contributed by atoms with Crippen molar-refractivity contribution in [1.29, 1.82) is 0 Å². The zero-order valence-electron chi connectivity index (χ0n) is 15.5. The van der Waals surface area contributed by atoms with Crippen molar-refractivity contribution < 1.29 is 4.79 Å². The maximum Gasteiger partial charge on any atom is 0.234 e. The Bertz CT molecular complexity index is 783. The van der Waals surface area contributed by atoms with E-state index in [1.165, 1.54) is 12.8 Å². The molecule has 1 aromatic rings. The summed E-state index contributed by atoms with van der Waals surface area (Å²) in [7, 11) is 0. The number of halogens is 1. The van der Waals surface area contributed by atoms with Gasteiger partial charge in [0, 0.05) is 55.3 Å². The number of likely N-dealkylation sites (tertiary alicyclic amines) is 1. The zero-order valence-corrected chi connectivity index (χ0v) is 16.3. The van der Waals surface area contributed by atoms with Crippen LogP contribution in [0.3, 0.4) is 0 Å². The molecule has 27 heavy (non-hydrogen) atoms. The molecule has 0 unspecified atom stereocenters. The number of nitrogens with one attached hydrogen (secondary N) is 2. The van der Waals surface area contributed by atoms with Gasteiger partial charge < -0.3 is 15.5 Å². The first-order valence-corrected chi connectivity index (χ1v) is 10.4. The van der Waals surface area contributed by atoms with E-state index in [0.29, 0.717) is 6.54 Å². The van der Waals surface area contributed by atoms with Crippen LogP contribution < -0.4 is 10.6 Å². The molecule has 1 saturated heterocycles. The predicted octanol–water partition coefficient (Wildman–Crippen LogP) is 2.15. The summed E-state index contributed by atoms with van der Waals surface area (Å²) in [6.07, 6.45) is 4.47. The third-order valence-corrected chi connectivity index (χ3v) is 6.52. The molecule has 0 radical (unpaired) electrons. The third-order valence-electron chi connectivity index (χ3n) is 6.28. The number of anilines is 1. The highest BCUT2D eigenvalue weighted by molar-refractivity contribution is 6.31. The molecule has 1 aromatic carbocycles.